The van der Waals surface area contributed by atoms with Crippen LogP contribution in [0.3, 0.4) is 0 Å². The van der Waals surface area contributed by atoms with Gasteiger partial charge in [0.1, 0.15) is 0 Å². The van der Waals surface area contributed by atoms with Crippen molar-refractivity contribution >= 4 is 35.0 Å². The Morgan fingerprint density at radius 2 is 1.21 bits per heavy atom. The number of hydrogen-bond donors (Lipinski definition) is 1. The second kappa shape index (κ2) is 9.61. The van der Waals surface area contributed by atoms with Crippen molar-refractivity contribution in [2.45, 2.75) is 83.4 Å². The van der Waals surface area contributed by atoms with Crippen molar-refractivity contribution in [3.63, 3.8) is 0 Å². The van der Waals surface area contributed by atoms with Gasteiger partial charge in [-0.25, -0.2) is 8.93 Å². The summed E-state index contributed by atoms with van der Waals surface area (Å²) in [5, 5.41) is 4.07. The largest absolute Gasteiger partial charge is 0.242 e. The van der Waals surface area contributed by atoms with Crippen LogP contribution in [-0.4, -0.2) is 19.3 Å². The van der Waals surface area contributed by atoms with Gasteiger partial charge in [-0.3, -0.25) is 0 Å². The van der Waals surface area contributed by atoms with E-state index in [9.17, 15) is 4.21 Å². The van der Waals surface area contributed by atoms with Gasteiger partial charge in [-0.05, 0) is 58.3 Å². The van der Waals surface area contributed by atoms with Gasteiger partial charge in [-0.1, -0.05) is 116 Å². The zero-order valence-electron chi connectivity index (χ0n) is 21.7. The lowest BCUT2D eigenvalue weighted by molar-refractivity contribution is 0.624. The fourth-order valence-corrected chi connectivity index (χ4v) is 9.72. The molecule has 3 aromatic carbocycles. The maximum atomic E-state index is 13.4. The molecule has 178 valence electrons. The molecule has 1 unspecified atom stereocenters. The number of rotatable bonds is 5. The molecule has 3 rings (SSSR count). The normalized spacial score (nSPS) is 15.1. The molecule has 0 spiro atoms. The summed E-state index contributed by atoms with van der Waals surface area (Å²) in [4.78, 5) is 0. The van der Waals surface area contributed by atoms with E-state index < -0.39 is 18.9 Å². The zero-order valence-corrected chi connectivity index (χ0v) is 23.4. The fraction of sp³-hybridized carbons (Fsp3) is 0.448. The van der Waals surface area contributed by atoms with Crippen LogP contribution in [0.25, 0.3) is 10.8 Å². The first kappa shape index (κ1) is 26.1. The van der Waals surface area contributed by atoms with Crippen LogP contribution in [0.1, 0.15) is 79.5 Å². The van der Waals surface area contributed by atoms with Crippen LogP contribution in [0.5, 0.6) is 0 Å². The van der Waals surface area contributed by atoms with E-state index in [2.05, 4.69) is 113 Å². The van der Waals surface area contributed by atoms with Crippen molar-refractivity contribution in [2.24, 2.45) is 0 Å². The highest BCUT2D eigenvalue weighted by Gasteiger charge is 2.38. The smallest absolute Gasteiger partial charge is 0.0979 e. The van der Waals surface area contributed by atoms with E-state index in [1.807, 2.05) is 20.8 Å². The highest BCUT2D eigenvalue weighted by Crippen LogP contribution is 2.59. The third kappa shape index (κ3) is 5.94. The van der Waals surface area contributed by atoms with Crippen molar-refractivity contribution in [3.05, 3.63) is 77.9 Å². The van der Waals surface area contributed by atoms with Gasteiger partial charge in [0.25, 0.3) is 0 Å². The lowest BCUT2D eigenvalue weighted by Crippen LogP contribution is -2.39. The van der Waals surface area contributed by atoms with Crippen LogP contribution >= 0.6 is 7.92 Å². The molecule has 0 bridgehead atoms. The Morgan fingerprint density at radius 3 is 1.82 bits per heavy atom. The van der Waals surface area contributed by atoms with Crippen molar-refractivity contribution < 1.29 is 4.21 Å². The molecule has 0 saturated heterocycles. The first-order valence-electron chi connectivity index (χ1n) is 11.8. The van der Waals surface area contributed by atoms with Crippen LogP contribution in [0.2, 0.25) is 0 Å². The summed E-state index contributed by atoms with van der Waals surface area (Å²) < 4.78 is 16.6. The molecule has 4 heteroatoms. The minimum atomic E-state index is -1.22. The molecule has 0 aromatic heterocycles. The van der Waals surface area contributed by atoms with Crippen LogP contribution in [0.15, 0.2) is 66.7 Å². The van der Waals surface area contributed by atoms with E-state index in [0.29, 0.717) is 0 Å². The Morgan fingerprint density at radius 1 is 0.697 bits per heavy atom. The minimum Gasteiger partial charge on any atom is -0.242 e. The summed E-state index contributed by atoms with van der Waals surface area (Å²) in [5.74, 6) is 0. The summed E-state index contributed by atoms with van der Waals surface area (Å²) in [6.07, 6.45) is 0. The van der Waals surface area contributed by atoms with Gasteiger partial charge in [-0.2, -0.15) is 0 Å². The lowest BCUT2D eigenvalue weighted by Gasteiger charge is -2.43. The standard InChI is InChI=1S/C29H40NOPS/c1-27(2,3)32(28(4,5)6)25-20-13-12-18-24(25)26(30-33(31)29(7,8)9)23-19-14-16-21-15-10-11-17-22(21)23/h10-20,26,30H,1-9H3/t26-,33?/m0/s1. The number of hydrogen-bond acceptors (Lipinski definition) is 1. The van der Waals surface area contributed by atoms with Gasteiger partial charge in [0, 0.05) is 0 Å². The Kier molecular flexibility index (Phi) is 7.59. The predicted molar refractivity (Wildman–Crippen MR) is 149 cm³/mol. The second-order valence-corrected chi connectivity index (χ2v) is 17.6. The van der Waals surface area contributed by atoms with Gasteiger partial charge in [0.2, 0.25) is 0 Å². The third-order valence-electron chi connectivity index (χ3n) is 5.75. The third-order valence-corrected chi connectivity index (χ3v) is 10.9. The van der Waals surface area contributed by atoms with Crippen molar-refractivity contribution in [1.82, 2.24) is 4.72 Å². The molecule has 33 heavy (non-hydrogen) atoms. The Bertz CT molecular complexity index is 1120. The fourth-order valence-electron chi connectivity index (χ4n) is 4.74. The van der Waals surface area contributed by atoms with Gasteiger partial charge >= 0.3 is 0 Å². The Balaban J connectivity index is 2.30. The highest BCUT2D eigenvalue weighted by molar-refractivity contribution is 7.84. The first-order chi connectivity index (χ1) is 15.2. The molecule has 3 aromatic rings. The van der Waals surface area contributed by atoms with E-state index in [0.717, 1.165) is 0 Å². The second-order valence-electron chi connectivity index (χ2n) is 11.7. The maximum Gasteiger partial charge on any atom is 0.0979 e. The molecule has 0 heterocycles. The van der Waals surface area contributed by atoms with Gasteiger partial charge in [0.05, 0.1) is 21.8 Å². The van der Waals surface area contributed by atoms with E-state index in [1.54, 1.807) is 0 Å². The van der Waals surface area contributed by atoms with Crippen LogP contribution in [-0.2, 0) is 11.0 Å². The molecule has 0 saturated carbocycles. The quantitative estimate of drug-likeness (QED) is 0.372. The molecule has 0 aliphatic carbocycles. The summed E-state index contributed by atoms with van der Waals surface area (Å²) in [5.41, 5.74) is 2.42. The summed E-state index contributed by atoms with van der Waals surface area (Å²) >= 11 is 0. The predicted octanol–water partition coefficient (Wildman–Crippen LogP) is 7.69. The summed E-state index contributed by atoms with van der Waals surface area (Å²) in [6.45, 7) is 20.2. The van der Waals surface area contributed by atoms with Crippen LogP contribution in [0, 0.1) is 0 Å². The Hall–Kier alpha value is -1.54. The SMILES string of the molecule is CC(C)(C)P(c1ccccc1[C@@H](NS(=O)C(C)(C)C)c1cccc2ccccc12)C(C)(C)C. The molecule has 0 fully saturated rings. The molecule has 0 aliphatic heterocycles. The van der Waals surface area contributed by atoms with Gasteiger partial charge < -0.3 is 0 Å². The van der Waals surface area contributed by atoms with Crippen molar-refractivity contribution in [2.75, 3.05) is 0 Å². The number of benzene rings is 3. The van der Waals surface area contributed by atoms with E-state index >= 15 is 0 Å². The monoisotopic (exact) mass is 481 g/mol. The molecule has 2 atom stereocenters. The lowest BCUT2D eigenvalue weighted by atomic mass is 9.94. The number of fused-ring (bicyclic) bond motifs is 1. The molecule has 2 nitrogen and oxygen atoms in total. The van der Waals surface area contributed by atoms with Crippen LogP contribution < -0.4 is 10.0 Å². The average molecular weight is 482 g/mol. The van der Waals surface area contributed by atoms with Gasteiger partial charge in [-0.15, -0.1) is 0 Å². The van der Waals surface area contributed by atoms with E-state index in [4.69, 9.17) is 0 Å². The molecular formula is C29H40NOPS. The van der Waals surface area contributed by atoms with Gasteiger partial charge in [0.15, 0.2) is 0 Å². The first-order valence-corrected chi connectivity index (χ1v) is 14.3. The average Bonchev–Trinajstić information content (AvgIpc) is 2.69. The van der Waals surface area contributed by atoms with Crippen LogP contribution in [0.4, 0.5) is 0 Å². The highest BCUT2D eigenvalue weighted by atomic mass is 32.2. The zero-order chi connectivity index (χ0) is 24.6. The molecule has 0 amide bonds. The minimum absolute atomic E-state index is 0.135. The topological polar surface area (TPSA) is 29.1 Å². The molecule has 0 aliphatic rings. The maximum absolute atomic E-state index is 13.4. The summed E-state index contributed by atoms with van der Waals surface area (Å²) in [7, 11) is -1.73. The molecule has 0 radical (unpaired) electrons. The summed E-state index contributed by atoms with van der Waals surface area (Å²) in [6, 6.07) is 23.6. The number of nitrogens with one attached hydrogen (secondary N) is 1. The van der Waals surface area contributed by atoms with E-state index in [-0.39, 0.29) is 21.1 Å². The molecular weight excluding hydrogens is 441 g/mol. The van der Waals surface area contributed by atoms with E-state index in [1.165, 1.54) is 27.2 Å². The van der Waals surface area contributed by atoms with Crippen molar-refractivity contribution in [3.8, 4) is 0 Å². The molecule has 1 N–H and O–H groups in total. The van der Waals surface area contributed by atoms with Crippen molar-refractivity contribution in [1.29, 1.82) is 0 Å². The Labute approximate surface area is 204 Å².